The molecule has 0 amide bonds. The topological polar surface area (TPSA) is 41.9 Å². The third-order valence-electron chi connectivity index (χ3n) is 3.72. The van der Waals surface area contributed by atoms with Crippen molar-refractivity contribution in [3.05, 3.63) is 53.2 Å². The second-order valence-corrected chi connectivity index (χ2v) is 5.71. The van der Waals surface area contributed by atoms with Crippen LogP contribution in [0, 0.1) is 6.92 Å². The van der Waals surface area contributed by atoms with E-state index < -0.39 is 0 Å². The van der Waals surface area contributed by atoms with Crippen molar-refractivity contribution in [2.24, 2.45) is 0 Å². The van der Waals surface area contributed by atoms with E-state index in [1.807, 2.05) is 23.1 Å². The van der Waals surface area contributed by atoms with Crippen molar-refractivity contribution in [3.63, 3.8) is 0 Å². The number of benzene rings is 1. The number of aromatic nitrogens is 3. The van der Waals surface area contributed by atoms with E-state index in [0.29, 0.717) is 11.8 Å². The van der Waals surface area contributed by atoms with Crippen LogP contribution < -0.4 is 4.90 Å². The molecule has 5 heteroatoms. The molecular weight excluding hydrogens is 272 g/mol. The Morgan fingerprint density at radius 3 is 2.55 bits per heavy atom. The van der Waals surface area contributed by atoms with Gasteiger partial charge in [-0.1, -0.05) is 38.6 Å². The molecule has 1 aromatic heterocycles. The average Bonchev–Trinajstić information content (AvgIpc) is 2.57. The van der Waals surface area contributed by atoms with Crippen molar-refractivity contribution in [2.75, 3.05) is 4.90 Å². The van der Waals surface area contributed by atoms with E-state index in [-0.39, 0.29) is 10.7 Å². The number of para-hydroxylation sites is 1. The van der Waals surface area contributed by atoms with Crippen molar-refractivity contribution < 1.29 is 0 Å². The van der Waals surface area contributed by atoms with Crippen molar-refractivity contribution in [3.8, 4) is 0 Å². The normalized spacial score (nSPS) is 16.4. The molecule has 2 aromatic rings. The zero-order valence-electron chi connectivity index (χ0n) is 11.7. The van der Waals surface area contributed by atoms with E-state index >= 15 is 0 Å². The Balaban J connectivity index is 2.22. The number of halogens is 1. The first kappa shape index (κ1) is 13.1. The van der Waals surface area contributed by atoms with E-state index in [4.69, 9.17) is 11.6 Å². The number of hydrogen-bond acceptors (Lipinski definition) is 4. The fourth-order valence-electron chi connectivity index (χ4n) is 2.54. The molecule has 1 aliphatic rings. The van der Waals surface area contributed by atoms with Gasteiger partial charge in [0.1, 0.15) is 5.82 Å². The Bertz CT molecular complexity index is 689. The molecule has 4 nitrogen and oxygen atoms in total. The summed E-state index contributed by atoms with van der Waals surface area (Å²) in [5.74, 6) is 1.11. The highest BCUT2D eigenvalue weighted by molar-refractivity contribution is 6.28. The van der Waals surface area contributed by atoms with Crippen LogP contribution in [-0.4, -0.2) is 15.0 Å². The molecule has 0 bridgehead atoms. The number of fused-ring (bicyclic) bond motifs is 1. The van der Waals surface area contributed by atoms with Crippen LogP contribution in [0.5, 0.6) is 0 Å². The molecule has 2 heterocycles. The number of hydrogen-bond donors (Lipinski definition) is 0. The Labute approximate surface area is 123 Å². The highest BCUT2D eigenvalue weighted by atomic mass is 35.5. The summed E-state index contributed by atoms with van der Waals surface area (Å²) in [7, 11) is 0. The van der Waals surface area contributed by atoms with E-state index in [1.165, 1.54) is 5.56 Å². The first-order valence-electron chi connectivity index (χ1n) is 6.38. The maximum Gasteiger partial charge on any atom is 0.238 e. The average molecular weight is 287 g/mol. The van der Waals surface area contributed by atoms with Crippen LogP contribution in [0.2, 0.25) is 5.28 Å². The number of nitrogens with zero attached hydrogens (tertiary/aromatic N) is 4. The predicted molar refractivity (Wildman–Crippen MR) is 80.3 cm³/mol. The molecule has 3 rings (SSSR count). The van der Waals surface area contributed by atoms with Gasteiger partial charge in [0.25, 0.3) is 0 Å². The Hall–Kier alpha value is -1.94. The number of aryl methyl sites for hydroxylation is 1. The molecule has 0 radical (unpaired) electrons. The van der Waals surface area contributed by atoms with Gasteiger partial charge in [0.05, 0.1) is 5.69 Å². The second kappa shape index (κ2) is 4.28. The molecule has 0 N–H and O–H groups in total. The van der Waals surface area contributed by atoms with Crippen LogP contribution in [0.3, 0.4) is 0 Å². The molecule has 0 aliphatic carbocycles. The van der Waals surface area contributed by atoms with E-state index in [9.17, 15) is 0 Å². The Kier molecular flexibility index (Phi) is 2.80. The van der Waals surface area contributed by atoms with Crippen molar-refractivity contribution in [1.29, 1.82) is 0 Å². The van der Waals surface area contributed by atoms with Crippen molar-refractivity contribution in [1.82, 2.24) is 15.0 Å². The fraction of sp³-hybridized carbons (Fsp3) is 0.267. The molecule has 0 unspecified atom stereocenters. The molecule has 102 valence electrons. The number of allylic oxidation sites excluding steroid dienone is 1. The van der Waals surface area contributed by atoms with Crippen LogP contribution in [0.4, 0.5) is 11.6 Å². The minimum atomic E-state index is -0.163. The lowest BCUT2D eigenvalue weighted by Gasteiger charge is -2.24. The van der Waals surface area contributed by atoms with Gasteiger partial charge in [-0.05, 0) is 30.2 Å². The summed E-state index contributed by atoms with van der Waals surface area (Å²) < 4.78 is 0. The van der Waals surface area contributed by atoms with Gasteiger partial charge in [-0.15, -0.1) is 0 Å². The summed E-state index contributed by atoms with van der Waals surface area (Å²) in [4.78, 5) is 14.6. The third kappa shape index (κ3) is 1.79. The maximum absolute atomic E-state index is 5.96. The Morgan fingerprint density at radius 2 is 1.85 bits per heavy atom. The highest BCUT2D eigenvalue weighted by Crippen LogP contribution is 2.49. The van der Waals surface area contributed by atoms with E-state index in [2.05, 4.69) is 41.4 Å². The molecule has 0 fully saturated rings. The van der Waals surface area contributed by atoms with E-state index in [0.717, 1.165) is 11.4 Å². The van der Waals surface area contributed by atoms with Gasteiger partial charge in [-0.2, -0.15) is 9.97 Å². The van der Waals surface area contributed by atoms with Crippen molar-refractivity contribution >= 4 is 23.2 Å². The summed E-state index contributed by atoms with van der Waals surface area (Å²) in [5, 5.41) is 0.197. The Morgan fingerprint density at radius 1 is 1.15 bits per heavy atom. The summed E-state index contributed by atoms with van der Waals surface area (Å²) in [6, 6.07) is 8.18. The first-order valence-corrected chi connectivity index (χ1v) is 6.76. The monoisotopic (exact) mass is 286 g/mol. The number of anilines is 2. The molecule has 0 saturated heterocycles. The minimum Gasteiger partial charge on any atom is -0.282 e. The largest absolute Gasteiger partial charge is 0.282 e. The van der Waals surface area contributed by atoms with Gasteiger partial charge in [-0.25, -0.2) is 4.98 Å². The van der Waals surface area contributed by atoms with Gasteiger partial charge in [-0.3, -0.25) is 4.90 Å². The van der Waals surface area contributed by atoms with Gasteiger partial charge in [0, 0.05) is 11.1 Å². The van der Waals surface area contributed by atoms with Crippen LogP contribution in [0.15, 0.2) is 36.5 Å². The minimum absolute atomic E-state index is 0.163. The summed E-state index contributed by atoms with van der Waals surface area (Å²) in [6.45, 7) is 10.3. The van der Waals surface area contributed by atoms with E-state index in [1.54, 1.807) is 6.92 Å². The zero-order chi connectivity index (χ0) is 14.5. The lowest BCUT2D eigenvalue weighted by atomic mass is 9.85. The summed E-state index contributed by atoms with van der Waals surface area (Å²) in [6.07, 6.45) is 0. The molecule has 0 atom stereocenters. The highest BCUT2D eigenvalue weighted by Gasteiger charge is 2.40. The van der Waals surface area contributed by atoms with Crippen LogP contribution in [-0.2, 0) is 5.41 Å². The molecule has 20 heavy (non-hydrogen) atoms. The molecular formula is C15H15ClN4. The SMILES string of the molecule is C=C1N(c2nc(C)nc(Cl)n2)c2ccccc2C1(C)C. The van der Waals surface area contributed by atoms with Crippen LogP contribution >= 0.6 is 11.6 Å². The third-order valence-corrected chi connectivity index (χ3v) is 3.89. The van der Waals surface area contributed by atoms with Crippen LogP contribution in [0.25, 0.3) is 0 Å². The molecule has 0 spiro atoms. The smallest absolute Gasteiger partial charge is 0.238 e. The molecule has 1 aliphatic heterocycles. The molecule has 1 aromatic carbocycles. The van der Waals surface area contributed by atoms with Gasteiger partial charge >= 0.3 is 0 Å². The standard InChI is InChI=1S/C15H15ClN4/c1-9-15(3,4)11-7-5-6-8-12(11)20(9)14-18-10(2)17-13(16)19-14/h5-8H,1H2,2-4H3. The second-order valence-electron chi connectivity index (χ2n) is 5.38. The quantitative estimate of drug-likeness (QED) is 0.800. The number of rotatable bonds is 1. The lowest BCUT2D eigenvalue weighted by Crippen LogP contribution is -2.23. The summed E-state index contributed by atoms with van der Waals surface area (Å²) in [5.41, 5.74) is 3.02. The fourth-order valence-corrected chi connectivity index (χ4v) is 2.74. The van der Waals surface area contributed by atoms with Gasteiger partial charge in [0.2, 0.25) is 11.2 Å². The zero-order valence-corrected chi connectivity index (χ0v) is 12.4. The van der Waals surface area contributed by atoms with Gasteiger partial charge in [0.15, 0.2) is 0 Å². The van der Waals surface area contributed by atoms with Gasteiger partial charge < -0.3 is 0 Å². The predicted octanol–water partition coefficient (Wildman–Crippen LogP) is 3.78. The maximum atomic E-state index is 5.96. The first-order chi connectivity index (χ1) is 9.41. The van der Waals surface area contributed by atoms with Crippen LogP contribution in [0.1, 0.15) is 25.2 Å². The summed E-state index contributed by atoms with van der Waals surface area (Å²) >= 11 is 5.96. The lowest BCUT2D eigenvalue weighted by molar-refractivity contribution is 0.644. The molecule has 0 saturated carbocycles. The van der Waals surface area contributed by atoms with Crippen molar-refractivity contribution in [2.45, 2.75) is 26.2 Å².